The van der Waals surface area contributed by atoms with Crippen LogP contribution in [0.1, 0.15) is 25.2 Å². The van der Waals surface area contributed by atoms with E-state index in [-0.39, 0.29) is 6.54 Å². The van der Waals surface area contributed by atoms with Gasteiger partial charge in [0.1, 0.15) is 11.6 Å². The average molecular weight is 392 g/mol. The summed E-state index contributed by atoms with van der Waals surface area (Å²) < 4.78 is 7.94. The van der Waals surface area contributed by atoms with Crippen LogP contribution in [0.4, 0.5) is 5.69 Å². The molecule has 0 spiro atoms. The van der Waals surface area contributed by atoms with Crippen LogP contribution in [0.5, 0.6) is 5.75 Å². The second kappa shape index (κ2) is 6.92. The van der Waals surface area contributed by atoms with Gasteiger partial charge in [0.05, 0.1) is 23.3 Å². The van der Waals surface area contributed by atoms with Gasteiger partial charge in [-0.25, -0.2) is 4.98 Å². The number of amides is 2. The van der Waals surface area contributed by atoms with Gasteiger partial charge in [-0.2, -0.15) is 0 Å². The number of nitrogens with one attached hydrogen (secondary N) is 1. The number of rotatable bonds is 4. The molecule has 0 aliphatic carbocycles. The third-order valence-electron chi connectivity index (χ3n) is 5.39. The molecule has 7 heteroatoms. The zero-order valence-electron chi connectivity index (χ0n) is 17.0. The number of hydrogen-bond acceptors (Lipinski definition) is 4. The van der Waals surface area contributed by atoms with Crippen LogP contribution in [0, 0.1) is 6.92 Å². The zero-order chi connectivity index (χ0) is 20.8. The fraction of sp³-hybridized carbons (Fsp3) is 0.318. The lowest BCUT2D eigenvalue weighted by molar-refractivity contribution is -0.148. The van der Waals surface area contributed by atoms with Crippen molar-refractivity contribution in [1.82, 2.24) is 14.9 Å². The Morgan fingerprint density at radius 3 is 2.76 bits per heavy atom. The minimum absolute atomic E-state index is 0.206. The van der Waals surface area contributed by atoms with Gasteiger partial charge in [-0.05, 0) is 50.6 Å². The molecule has 0 radical (unpaired) electrons. The number of anilines is 1. The van der Waals surface area contributed by atoms with E-state index in [1.165, 1.54) is 11.8 Å². The highest BCUT2D eigenvalue weighted by molar-refractivity contribution is 6.16. The van der Waals surface area contributed by atoms with Gasteiger partial charge >= 0.3 is 0 Å². The van der Waals surface area contributed by atoms with E-state index in [1.54, 1.807) is 13.1 Å². The summed E-state index contributed by atoms with van der Waals surface area (Å²) in [6, 6.07) is 13.4. The highest BCUT2D eigenvalue weighted by Gasteiger charge is 2.49. The number of ether oxygens (including phenoxy) is 1. The van der Waals surface area contributed by atoms with Crippen LogP contribution in [0.3, 0.4) is 0 Å². The number of imidazole rings is 1. The van der Waals surface area contributed by atoms with Crippen LogP contribution in [-0.2, 0) is 22.7 Å². The molecular formula is C22H24N4O3. The normalized spacial score (nSPS) is 18.5. The van der Waals surface area contributed by atoms with Crippen molar-refractivity contribution in [3.63, 3.8) is 0 Å². The highest BCUT2D eigenvalue weighted by Crippen LogP contribution is 2.37. The van der Waals surface area contributed by atoms with Crippen LogP contribution in [0.25, 0.3) is 11.0 Å². The number of hydrogen-bond donors (Lipinski definition) is 1. The molecule has 2 aromatic carbocycles. The monoisotopic (exact) mass is 392 g/mol. The second-order valence-electron chi connectivity index (χ2n) is 7.41. The lowest BCUT2D eigenvalue weighted by Crippen LogP contribution is -2.61. The van der Waals surface area contributed by atoms with E-state index in [2.05, 4.69) is 10.3 Å². The van der Waals surface area contributed by atoms with Gasteiger partial charge in [-0.15, -0.1) is 0 Å². The fourth-order valence-electron chi connectivity index (χ4n) is 3.75. The molecule has 1 N–H and O–H groups in total. The Balaban J connectivity index is 1.58. The topological polar surface area (TPSA) is 76.5 Å². The average Bonchev–Trinajstić information content (AvgIpc) is 3.08. The molecule has 150 valence electrons. The van der Waals surface area contributed by atoms with Crippen LogP contribution in [-0.4, -0.2) is 34.0 Å². The molecule has 2 amide bonds. The quantitative estimate of drug-likeness (QED) is 0.693. The van der Waals surface area contributed by atoms with Gasteiger partial charge in [-0.3, -0.25) is 9.59 Å². The summed E-state index contributed by atoms with van der Waals surface area (Å²) in [5.41, 5.74) is 1.92. The molecule has 1 unspecified atom stereocenters. The molecule has 0 fully saturated rings. The number of benzene rings is 2. The first-order chi connectivity index (χ1) is 13.8. The van der Waals surface area contributed by atoms with Gasteiger partial charge in [-0.1, -0.05) is 18.2 Å². The van der Waals surface area contributed by atoms with Crippen molar-refractivity contribution >= 4 is 28.5 Å². The highest BCUT2D eigenvalue weighted by atomic mass is 16.5. The Morgan fingerprint density at radius 2 is 2.00 bits per heavy atom. The second-order valence-corrected chi connectivity index (χ2v) is 7.41. The maximum absolute atomic E-state index is 13.0. The summed E-state index contributed by atoms with van der Waals surface area (Å²) in [5, 5.41) is 2.84. The van der Waals surface area contributed by atoms with Gasteiger partial charge in [0.15, 0.2) is 0 Å². The van der Waals surface area contributed by atoms with E-state index < -0.39 is 17.4 Å². The molecule has 3 aromatic rings. The molecule has 4 rings (SSSR count). The van der Waals surface area contributed by atoms with Crippen molar-refractivity contribution in [3.05, 3.63) is 53.9 Å². The molecule has 0 bridgehead atoms. The van der Waals surface area contributed by atoms with Crippen molar-refractivity contribution < 1.29 is 14.3 Å². The van der Waals surface area contributed by atoms with E-state index in [1.807, 2.05) is 54.8 Å². The van der Waals surface area contributed by atoms with Crippen molar-refractivity contribution in [1.29, 1.82) is 0 Å². The van der Waals surface area contributed by atoms with Gasteiger partial charge in [0, 0.05) is 13.6 Å². The van der Waals surface area contributed by atoms with Crippen molar-refractivity contribution in [2.24, 2.45) is 0 Å². The number of para-hydroxylation sites is 2. The minimum atomic E-state index is -1.64. The first kappa shape index (κ1) is 19.0. The molecule has 1 aliphatic heterocycles. The Morgan fingerprint density at radius 1 is 1.24 bits per heavy atom. The van der Waals surface area contributed by atoms with Crippen LogP contribution in [0.2, 0.25) is 0 Å². The summed E-state index contributed by atoms with van der Waals surface area (Å²) in [7, 11) is 1.66. The molecular weight excluding hydrogens is 368 g/mol. The number of carbonyl (C=O) groups excluding carboxylic acids is 2. The van der Waals surface area contributed by atoms with Gasteiger partial charge in [0.2, 0.25) is 0 Å². The first-order valence-corrected chi connectivity index (χ1v) is 9.65. The Hall–Kier alpha value is -3.35. The van der Waals surface area contributed by atoms with E-state index >= 15 is 0 Å². The number of carbonyl (C=O) groups is 2. The van der Waals surface area contributed by atoms with Crippen LogP contribution < -0.4 is 15.0 Å². The van der Waals surface area contributed by atoms with Gasteiger partial charge < -0.3 is 19.5 Å². The Bertz CT molecular complexity index is 1120. The smallest absolute Gasteiger partial charge is 0.280 e. The lowest BCUT2D eigenvalue weighted by Gasteiger charge is -2.38. The first-order valence-electron chi connectivity index (χ1n) is 9.65. The Kier molecular flexibility index (Phi) is 4.53. The van der Waals surface area contributed by atoms with Crippen LogP contribution in [0.15, 0.2) is 42.5 Å². The molecule has 29 heavy (non-hydrogen) atoms. The maximum Gasteiger partial charge on any atom is 0.280 e. The molecule has 7 nitrogen and oxygen atoms in total. The number of likely N-dealkylation sites (N-methyl/N-ethyl adjacent to an activating group) is 1. The third-order valence-corrected chi connectivity index (χ3v) is 5.39. The summed E-state index contributed by atoms with van der Waals surface area (Å²) in [6.45, 7) is 6.42. The summed E-state index contributed by atoms with van der Waals surface area (Å²) >= 11 is 0. The molecule has 0 saturated heterocycles. The molecule has 0 saturated carbocycles. The summed E-state index contributed by atoms with van der Waals surface area (Å²) in [4.78, 5) is 32.1. The number of fused-ring (bicyclic) bond motifs is 2. The molecule has 1 aliphatic rings. The minimum Gasteiger partial charge on any atom is -0.466 e. The zero-order valence-corrected chi connectivity index (χ0v) is 17.0. The predicted molar refractivity (Wildman–Crippen MR) is 111 cm³/mol. The lowest BCUT2D eigenvalue weighted by atomic mass is 10.00. The molecule has 2 heterocycles. The maximum atomic E-state index is 13.0. The largest absolute Gasteiger partial charge is 0.466 e. The van der Waals surface area contributed by atoms with Crippen molar-refractivity contribution in [2.75, 3.05) is 11.9 Å². The van der Waals surface area contributed by atoms with Gasteiger partial charge in [0.25, 0.3) is 17.4 Å². The van der Waals surface area contributed by atoms with E-state index in [0.717, 1.165) is 29.0 Å². The van der Waals surface area contributed by atoms with E-state index in [9.17, 15) is 9.59 Å². The Labute approximate surface area is 169 Å². The summed E-state index contributed by atoms with van der Waals surface area (Å²) in [6.07, 6.45) is 0. The molecule has 1 aromatic heterocycles. The van der Waals surface area contributed by atoms with Crippen molar-refractivity contribution in [2.45, 2.75) is 39.5 Å². The number of aromatic nitrogens is 2. The number of nitrogens with zero attached hydrogens (tertiary/aromatic N) is 3. The standard InChI is InChI=1S/C22H24N4O3/c1-5-26-16-9-7-6-8-15(16)24-19(26)13-23-20(27)22(3)21(28)25(4)17-12-14(2)10-11-18(17)29-22/h6-12H,5,13H2,1-4H3,(H,23,27). The number of aryl methyl sites for hydroxylation is 2. The van der Waals surface area contributed by atoms with Crippen molar-refractivity contribution in [3.8, 4) is 5.75 Å². The third kappa shape index (κ3) is 3.03. The predicted octanol–water partition coefficient (Wildman–Crippen LogP) is 2.79. The molecule has 1 atom stereocenters. The van der Waals surface area contributed by atoms with Crippen LogP contribution >= 0.6 is 0 Å². The fourth-order valence-corrected chi connectivity index (χ4v) is 3.75. The van der Waals surface area contributed by atoms with E-state index in [4.69, 9.17) is 4.74 Å². The van der Waals surface area contributed by atoms with E-state index in [0.29, 0.717) is 11.4 Å². The summed E-state index contributed by atoms with van der Waals surface area (Å²) in [5.74, 6) is 0.349. The SMILES string of the molecule is CCn1c(CNC(=O)C2(C)Oc3ccc(C)cc3N(C)C2=O)nc2ccccc21.